The smallest absolute Gasteiger partial charge is 0.320 e. The summed E-state index contributed by atoms with van der Waals surface area (Å²) in [5, 5.41) is 13.9. The van der Waals surface area contributed by atoms with Gasteiger partial charge in [-0.15, -0.1) is 0 Å². The van der Waals surface area contributed by atoms with E-state index >= 15 is 0 Å². The van der Waals surface area contributed by atoms with Crippen molar-refractivity contribution in [3.63, 3.8) is 0 Å². The molecule has 3 atom stereocenters. The van der Waals surface area contributed by atoms with Crippen LogP contribution in [0.25, 0.3) is 0 Å². The van der Waals surface area contributed by atoms with Gasteiger partial charge in [-0.1, -0.05) is 13.8 Å². The van der Waals surface area contributed by atoms with E-state index in [0.29, 0.717) is 18.5 Å². The van der Waals surface area contributed by atoms with Crippen molar-refractivity contribution in [2.45, 2.75) is 58.7 Å². The number of hydrogen-bond donors (Lipinski definition) is 1. The minimum Gasteiger partial charge on any atom is -0.480 e. The largest absolute Gasteiger partial charge is 0.480 e. The Bertz CT molecular complexity index is 458. The van der Waals surface area contributed by atoms with Crippen LogP contribution >= 0.6 is 0 Å². The summed E-state index contributed by atoms with van der Waals surface area (Å²) in [5.41, 5.74) is 0.964. The predicted octanol–water partition coefficient (Wildman–Crippen LogP) is 2.54. The third-order valence-electron chi connectivity index (χ3n) is 4.33. The van der Waals surface area contributed by atoms with Crippen molar-refractivity contribution >= 4 is 5.97 Å². The fourth-order valence-electron chi connectivity index (χ4n) is 2.74. The Labute approximate surface area is 120 Å². The number of likely N-dealkylation sites (tertiary alicyclic amines) is 1. The van der Waals surface area contributed by atoms with E-state index in [0.717, 1.165) is 31.5 Å². The van der Waals surface area contributed by atoms with Gasteiger partial charge in [-0.05, 0) is 44.7 Å². The van der Waals surface area contributed by atoms with Crippen molar-refractivity contribution in [1.29, 1.82) is 0 Å². The third kappa shape index (κ3) is 3.39. The molecule has 0 aliphatic carbocycles. The average Bonchev–Trinajstić information content (AvgIpc) is 2.88. The molecule has 1 saturated heterocycles. The number of aliphatic carboxylic acids is 1. The molecule has 0 amide bonds. The molecule has 0 bridgehead atoms. The number of hydrogen-bond acceptors (Lipinski definition) is 3. The molecule has 1 aromatic rings. The molecule has 2 heterocycles. The Hall–Kier alpha value is -1.36. The Balaban J connectivity index is 2.04. The van der Waals surface area contributed by atoms with Crippen LogP contribution in [0.4, 0.5) is 0 Å². The molecule has 3 unspecified atom stereocenters. The summed E-state index contributed by atoms with van der Waals surface area (Å²) in [7, 11) is 0. The number of piperidine rings is 1. The van der Waals surface area contributed by atoms with Crippen LogP contribution in [-0.4, -0.2) is 38.3 Å². The number of aromatic nitrogens is 2. The van der Waals surface area contributed by atoms with Crippen LogP contribution in [0.2, 0.25) is 0 Å². The molecule has 1 aliphatic rings. The molecular weight excluding hydrogens is 254 g/mol. The summed E-state index contributed by atoms with van der Waals surface area (Å²) in [4.78, 5) is 13.4. The topological polar surface area (TPSA) is 58.4 Å². The van der Waals surface area contributed by atoms with Gasteiger partial charge in [-0.3, -0.25) is 14.4 Å². The first-order valence-electron chi connectivity index (χ1n) is 7.52. The van der Waals surface area contributed by atoms with Crippen LogP contribution in [0, 0.1) is 5.92 Å². The van der Waals surface area contributed by atoms with Crippen molar-refractivity contribution in [3.05, 3.63) is 18.0 Å². The molecule has 112 valence electrons. The maximum atomic E-state index is 11.4. The van der Waals surface area contributed by atoms with E-state index < -0.39 is 5.97 Å². The van der Waals surface area contributed by atoms with Gasteiger partial charge in [0.25, 0.3) is 0 Å². The van der Waals surface area contributed by atoms with Crippen molar-refractivity contribution < 1.29 is 9.90 Å². The van der Waals surface area contributed by atoms with Gasteiger partial charge in [0.05, 0.1) is 5.69 Å². The van der Waals surface area contributed by atoms with Crippen molar-refractivity contribution in [2.24, 2.45) is 5.92 Å². The first-order valence-corrected chi connectivity index (χ1v) is 7.52. The van der Waals surface area contributed by atoms with E-state index in [1.807, 2.05) is 21.8 Å². The van der Waals surface area contributed by atoms with E-state index in [2.05, 4.69) is 25.9 Å². The molecule has 20 heavy (non-hydrogen) atoms. The molecule has 5 nitrogen and oxygen atoms in total. The average molecular weight is 279 g/mol. The van der Waals surface area contributed by atoms with Crippen LogP contribution in [0.5, 0.6) is 0 Å². The van der Waals surface area contributed by atoms with E-state index in [1.165, 1.54) is 0 Å². The van der Waals surface area contributed by atoms with E-state index in [4.69, 9.17) is 0 Å². The maximum Gasteiger partial charge on any atom is 0.320 e. The Kier molecular flexibility index (Phi) is 4.81. The third-order valence-corrected chi connectivity index (χ3v) is 4.33. The Morgan fingerprint density at radius 1 is 1.60 bits per heavy atom. The van der Waals surface area contributed by atoms with Crippen LogP contribution in [0.1, 0.15) is 51.8 Å². The SMILES string of the molecule is CCC(C)n1ccc(CN2CCC(C)CC2C(=O)O)n1. The van der Waals surface area contributed by atoms with Crippen LogP contribution < -0.4 is 0 Å². The second-order valence-electron chi connectivity index (χ2n) is 6.00. The monoisotopic (exact) mass is 279 g/mol. The van der Waals surface area contributed by atoms with Gasteiger partial charge >= 0.3 is 5.97 Å². The van der Waals surface area contributed by atoms with Crippen LogP contribution in [0.15, 0.2) is 12.3 Å². The number of nitrogens with zero attached hydrogens (tertiary/aromatic N) is 3. The molecule has 1 N–H and O–H groups in total. The molecule has 0 aromatic carbocycles. The molecule has 1 aromatic heterocycles. The zero-order valence-electron chi connectivity index (χ0n) is 12.6. The lowest BCUT2D eigenvalue weighted by Crippen LogP contribution is -2.46. The maximum absolute atomic E-state index is 11.4. The Morgan fingerprint density at radius 3 is 3.00 bits per heavy atom. The molecule has 0 saturated carbocycles. The summed E-state index contributed by atoms with van der Waals surface area (Å²) in [6.07, 6.45) is 4.84. The summed E-state index contributed by atoms with van der Waals surface area (Å²) >= 11 is 0. The number of rotatable bonds is 5. The lowest BCUT2D eigenvalue weighted by Gasteiger charge is -2.35. The summed E-state index contributed by atoms with van der Waals surface area (Å²) in [5.74, 6) is -0.220. The second-order valence-corrected chi connectivity index (χ2v) is 6.00. The molecule has 1 aliphatic heterocycles. The summed E-state index contributed by atoms with van der Waals surface area (Å²) < 4.78 is 1.97. The van der Waals surface area contributed by atoms with Crippen molar-refractivity contribution in [3.8, 4) is 0 Å². The highest BCUT2D eigenvalue weighted by Crippen LogP contribution is 2.24. The summed E-state index contributed by atoms with van der Waals surface area (Å²) in [6, 6.07) is 2.02. The fourth-order valence-corrected chi connectivity index (χ4v) is 2.74. The van der Waals surface area contributed by atoms with Gasteiger partial charge in [-0.2, -0.15) is 5.10 Å². The predicted molar refractivity (Wildman–Crippen MR) is 77.5 cm³/mol. The minimum absolute atomic E-state index is 0.368. The lowest BCUT2D eigenvalue weighted by atomic mass is 9.92. The first-order chi connectivity index (χ1) is 9.51. The second kappa shape index (κ2) is 6.39. The molecule has 2 rings (SSSR count). The molecule has 0 spiro atoms. The van der Waals surface area contributed by atoms with Gasteiger partial charge in [-0.25, -0.2) is 0 Å². The zero-order chi connectivity index (χ0) is 14.7. The van der Waals surface area contributed by atoms with Gasteiger partial charge in [0.2, 0.25) is 0 Å². The zero-order valence-corrected chi connectivity index (χ0v) is 12.6. The van der Waals surface area contributed by atoms with E-state index in [-0.39, 0.29) is 6.04 Å². The van der Waals surface area contributed by atoms with E-state index in [9.17, 15) is 9.90 Å². The van der Waals surface area contributed by atoms with Crippen LogP contribution in [0.3, 0.4) is 0 Å². The summed E-state index contributed by atoms with van der Waals surface area (Å²) in [6.45, 7) is 7.88. The molecule has 1 fully saturated rings. The lowest BCUT2D eigenvalue weighted by molar-refractivity contribution is -0.145. The number of carboxylic acids is 1. The minimum atomic E-state index is -0.710. The van der Waals surface area contributed by atoms with Gasteiger partial charge in [0.1, 0.15) is 6.04 Å². The van der Waals surface area contributed by atoms with Gasteiger partial charge < -0.3 is 5.11 Å². The van der Waals surface area contributed by atoms with Gasteiger partial charge in [0.15, 0.2) is 0 Å². The highest BCUT2D eigenvalue weighted by Gasteiger charge is 2.31. The highest BCUT2D eigenvalue weighted by molar-refractivity contribution is 5.73. The number of carbonyl (C=O) groups is 1. The molecular formula is C15H25N3O2. The first kappa shape index (κ1) is 15.0. The normalized spacial score (nSPS) is 25.6. The van der Waals surface area contributed by atoms with Crippen LogP contribution in [-0.2, 0) is 11.3 Å². The number of carboxylic acid groups (broad SMARTS) is 1. The van der Waals surface area contributed by atoms with Crippen molar-refractivity contribution in [2.75, 3.05) is 6.54 Å². The molecule has 5 heteroatoms. The quantitative estimate of drug-likeness (QED) is 0.900. The van der Waals surface area contributed by atoms with E-state index in [1.54, 1.807) is 0 Å². The van der Waals surface area contributed by atoms with Crippen molar-refractivity contribution in [1.82, 2.24) is 14.7 Å². The fraction of sp³-hybridized carbons (Fsp3) is 0.733. The standard InChI is InChI=1S/C15H25N3O2/c1-4-12(3)18-8-6-13(16-18)10-17-7-5-11(2)9-14(17)15(19)20/h6,8,11-12,14H,4-5,7,9-10H2,1-3H3,(H,19,20). The van der Waals surface area contributed by atoms with Gasteiger partial charge in [0, 0.05) is 18.8 Å². The molecule has 0 radical (unpaired) electrons. The Morgan fingerprint density at radius 2 is 2.35 bits per heavy atom. The highest BCUT2D eigenvalue weighted by atomic mass is 16.4.